The number of hydrogen-bond donors (Lipinski definition) is 2. The van der Waals surface area contributed by atoms with Crippen LogP contribution in [-0.4, -0.2) is 18.0 Å². The predicted octanol–water partition coefficient (Wildman–Crippen LogP) is 4.01. The molecule has 0 saturated heterocycles. The number of amides is 2. The number of ether oxygens (including phenoxy) is 1. The van der Waals surface area contributed by atoms with E-state index in [2.05, 4.69) is 15.8 Å². The maximum absolute atomic E-state index is 11.9. The highest BCUT2D eigenvalue weighted by Crippen LogP contribution is 2.18. The zero-order chi connectivity index (χ0) is 20.5. The van der Waals surface area contributed by atoms with Crippen LogP contribution in [-0.2, 0) is 16.2 Å². The number of hydrogen-bond acceptors (Lipinski definition) is 4. The van der Waals surface area contributed by atoms with Crippen molar-refractivity contribution in [3.05, 3.63) is 95.0 Å². The first kappa shape index (κ1) is 20.1. The Morgan fingerprint density at radius 2 is 1.59 bits per heavy atom. The number of anilines is 1. The van der Waals surface area contributed by atoms with Crippen molar-refractivity contribution in [1.82, 2.24) is 5.43 Å². The molecule has 0 atom stereocenters. The van der Waals surface area contributed by atoms with Crippen molar-refractivity contribution in [1.29, 1.82) is 0 Å². The van der Waals surface area contributed by atoms with E-state index in [0.717, 1.165) is 5.56 Å². The van der Waals surface area contributed by atoms with Crippen LogP contribution in [0.3, 0.4) is 0 Å². The number of halogens is 1. The molecule has 0 saturated carbocycles. The Hall–Kier alpha value is -3.64. The number of nitrogens with zero attached hydrogens (tertiary/aromatic N) is 1. The molecule has 0 bridgehead atoms. The van der Waals surface area contributed by atoms with Gasteiger partial charge in [0.1, 0.15) is 12.4 Å². The Morgan fingerprint density at radius 3 is 2.34 bits per heavy atom. The molecule has 0 radical (unpaired) electrons. The number of benzene rings is 3. The number of carbonyl (C=O) groups excluding carboxylic acids is 2. The number of nitrogens with one attached hydrogen (secondary N) is 2. The number of para-hydroxylation sites is 2. The van der Waals surface area contributed by atoms with Gasteiger partial charge in [-0.05, 0) is 42.0 Å². The van der Waals surface area contributed by atoms with E-state index in [1.165, 1.54) is 6.21 Å². The highest BCUT2D eigenvalue weighted by Gasteiger charge is 2.12. The van der Waals surface area contributed by atoms with Gasteiger partial charge in [-0.3, -0.25) is 9.59 Å². The lowest BCUT2D eigenvalue weighted by molar-refractivity contribution is -0.136. The average Bonchev–Trinajstić information content (AvgIpc) is 2.75. The highest BCUT2D eigenvalue weighted by molar-refractivity contribution is 6.39. The summed E-state index contributed by atoms with van der Waals surface area (Å²) in [5.41, 5.74) is 4.35. The summed E-state index contributed by atoms with van der Waals surface area (Å²) in [5.74, 6) is -1.08. The van der Waals surface area contributed by atoms with Crippen LogP contribution < -0.4 is 15.5 Å². The molecule has 2 N–H and O–H groups in total. The summed E-state index contributed by atoms with van der Waals surface area (Å²) >= 11 is 5.88. The Balaban J connectivity index is 1.56. The topological polar surface area (TPSA) is 79.8 Å². The van der Waals surface area contributed by atoms with Crippen molar-refractivity contribution in [2.75, 3.05) is 5.32 Å². The van der Waals surface area contributed by atoms with E-state index >= 15 is 0 Å². The summed E-state index contributed by atoms with van der Waals surface area (Å²) in [5, 5.41) is 6.99. The predicted molar refractivity (Wildman–Crippen MR) is 113 cm³/mol. The summed E-state index contributed by atoms with van der Waals surface area (Å²) in [6.45, 7) is 0.355. The smallest absolute Gasteiger partial charge is 0.329 e. The molecule has 3 aromatic carbocycles. The van der Waals surface area contributed by atoms with E-state index in [4.69, 9.17) is 16.3 Å². The van der Waals surface area contributed by atoms with Crippen LogP contribution in [0.1, 0.15) is 11.1 Å². The van der Waals surface area contributed by atoms with Crippen molar-refractivity contribution < 1.29 is 14.3 Å². The van der Waals surface area contributed by atoms with Gasteiger partial charge < -0.3 is 10.1 Å². The van der Waals surface area contributed by atoms with Crippen LogP contribution in [0.5, 0.6) is 5.75 Å². The number of hydrazone groups is 1. The SMILES string of the molecule is O=C(N/N=C\c1ccccc1OCc1ccc(Cl)cc1)C(=O)Nc1ccccc1. The molecular weight excluding hydrogens is 390 g/mol. The van der Waals surface area contributed by atoms with E-state index in [9.17, 15) is 9.59 Å². The quantitative estimate of drug-likeness (QED) is 0.368. The van der Waals surface area contributed by atoms with Crippen molar-refractivity contribution in [3.8, 4) is 5.75 Å². The molecule has 0 fully saturated rings. The summed E-state index contributed by atoms with van der Waals surface area (Å²) in [7, 11) is 0. The second-order valence-corrected chi connectivity index (χ2v) is 6.41. The largest absolute Gasteiger partial charge is 0.488 e. The van der Waals surface area contributed by atoms with Crippen molar-refractivity contribution in [3.63, 3.8) is 0 Å². The van der Waals surface area contributed by atoms with Gasteiger partial charge in [0.15, 0.2) is 0 Å². The summed E-state index contributed by atoms with van der Waals surface area (Å²) < 4.78 is 5.82. The van der Waals surface area contributed by atoms with Gasteiger partial charge in [0.05, 0.1) is 6.21 Å². The van der Waals surface area contributed by atoms with Gasteiger partial charge in [0.25, 0.3) is 0 Å². The number of rotatable bonds is 6. The molecule has 6 nitrogen and oxygen atoms in total. The zero-order valence-corrected chi connectivity index (χ0v) is 16.1. The molecule has 146 valence electrons. The first-order chi connectivity index (χ1) is 14.1. The van der Waals surface area contributed by atoms with E-state index in [1.54, 1.807) is 48.5 Å². The normalized spacial score (nSPS) is 10.5. The van der Waals surface area contributed by atoms with Gasteiger partial charge in [-0.15, -0.1) is 0 Å². The minimum atomic E-state index is -0.871. The molecule has 0 unspecified atom stereocenters. The summed E-state index contributed by atoms with van der Waals surface area (Å²) in [4.78, 5) is 23.8. The molecule has 3 rings (SSSR count). The second kappa shape index (κ2) is 10.1. The minimum Gasteiger partial charge on any atom is -0.488 e. The minimum absolute atomic E-state index is 0.355. The second-order valence-electron chi connectivity index (χ2n) is 5.97. The highest BCUT2D eigenvalue weighted by atomic mass is 35.5. The van der Waals surface area contributed by atoms with E-state index in [-0.39, 0.29) is 0 Å². The lowest BCUT2D eigenvalue weighted by Crippen LogP contribution is -2.32. The third-order valence-electron chi connectivity index (χ3n) is 3.83. The monoisotopic (exact) mass is 407 g/mol. The van der Waals surface area contributed by atoms with Crippen molar-refractivity contribution in [2.24, 2.45) is 5.10 Å². The zero-order valence-electron chi connectivity index (χ0n) is 15.3. The molecule has 0 aliphatic carbocycles. The fourth-order valence-electron chi connectivity index (χ4n) is 2.38. The third-order valence-corrected chi connectivity index (χ3v) is 4.09. The molecule has 7 heteroatoms. The molecule has 0 heterocycles. The summed E-state index contributed by atoms with van der Waals surface area (Å²) in [6, 6.07) is 23.3. The molecule has 0 aliphatic rings. The van der Waals surface area contributed by atoms with Crippen LogP contribution >= 0.6 is 11.6 Å². The Morgan fingerprint density at radius 1 is 0.897 bits per heavy atom. The lowest BCUT2D eigenvalue weighted by Gasteiger charge is -2.09. The molecule has 2 amide bonds. The van der Waals surface area contributed by atoms with Crippen molar-refractivity contribution in [2.45, 2.75) is 6.61 Å². The van der Waals surface area contributed by atoms with Gasteiger partial charge in [-0.1, -0.05) is 54.1 Å². The average molecular weight is 408 g/mol. The van der Waals surface area contributed by atoms with Crippen LogP contribution in [0.25, 0.3) is 0 Å². The Bertz CT molecular complexity index is 1010. The molecule has 0 spiro atoms. The maximum atomic E-state index is 11.9. The van der Waals surface area contributed by atoms with Gasteiger partial charge in [-0.25, -0.2) is 5.43 Å². The van der Waals surface area contributed by atoms with Gasteiger partial charge in [0, 0.05) is 16.3 Å². The van der Waals surface area contributed by atoms with Crippen LogP contribution in [0.15, 0.2) is 84.0 Å². The van der Waals surface area contributed by atoms with Gasteiger partial charge in [-0.2, -0.15) is 5.10 Å². The van der Waals surface area contributed by atoms with E-state index in [1.807, 2.05) is 30.3 Å². The molecule has 0 aliphatic heterocycles. The molecule has 3 aromatic rings. The molecule has 0 aromatic heterocycles. The fraction of sp³-hybridized carbons (Fsp3) is 0.0455. The fourth-order valence-corrected chi connectivity index (χ4v) is 2.51. The Labute approximate surface area is 173 Å². The first-order valence-corrected chi connectivity index (χ1v) is 9.15. The van der Waals surface area contributed by atoms with Crippen LogP contribution in [0.4, 0.5) is 5.69 Å². The van der Waals surface area contributed by atoms with Gasteiger partial charge >= 0.3 is 11.8 Å². The van der Waals surface area contributed by atoms with Gasteiger partial charge in [0.2, 0.25) is 0 Å². The Kier molecular flexibility index (Phi) is 6.97. The van der Waals surface area contributed by atoms with Crippen LogP contribution in [0.2, 0.25) is 5.02 Å². The molecule has 29 heavy (non-hydrogen) atoms. The number of carbonyl (C=O) groups is 2. The lowest BCUT2D eigenvalue weighted by atomic mass is 10.2. The standard InChI is InChI=1S/C22H18ClN3O3/c23-18-12-10-16(11-13-18)15-29-20-9-5-4-6-17(20)14-24-26-22(28)21(27)25-19-7-2-1-3-8-19/h1-14H,15H2,(H,25,27)(H,26,28)/b24-14-. The first-order valence-electron chi connectivity index (χ1n) is 8.77. The summed E-state index contributed by atoms with van der Waals surface area (Å²) in [6.07, 6.45) is 1.42. The third kappa shape index (κ3) is 6.19. The van der Waals surface area contributed by atoms with Crippen molar-refractivity contribution >= 4 is 35.3 Å². The molecular formula is C22H18ClN3O3. The van der Waals surface area contributed by atoms with E-state index in [0.29, 0.717) is 28.6 Å². The van der Waals surface area contributed by atoms with Crippen LogP contribution in [0, 0.1) is 0 Å². The maximum Gasteiger partial charge on any atom is 0.329 e. The van der Waals surface area contributed by atoms with E-state index < -0.39 is 11.8 Å².